The molecule has 2 N–H and O–H groups in total. The number of alkyl halides is 3. The van der Waals surface area contributed by atoms with Crippen molar-refractivity contribution in [3.05, 3.63) is 54.1 Å². The van der Waals surface area contributed by atoms with Crippen molar-refractivity contribution >= 4 is 17.6 Å². The third kappa shape index (κ3) is 6.71. The number of amides is 1. The van der Waals surface area contributed by atoms with Crippen LogP contribution in [0.2, 0.25) is 0 Å². The number of rotatable bonds is 6. The molecule has 9 heteroatoms. The number of phenolic OH excluding ortho intramolecular Hbond substituents is 1. The van der Waals surface area contributed by atoms with Gasteiger partial charge in [0.05, 0.1) is 6.42 Å². The lowest BCUT2D eigenvalue weighted by Gasteiger charge is -2.10. The van der Waals surface area contributed by atoms with Gasteiger partial charge >= 0.3 is 12.3 Å². The molecule has 0 bridgehead atoms. The van der Waals surface area contributed by atoms with E-state index in [9.17, 15) is 22.8 Å². The first-order chi connectivity index (χ1) is 12.2. The second kappa shape index (κ2) is 8.24. The number of phenols is 1. The molecule has 0 aliphatic carbocycles. The molecule has 0 saturated heterocycles. The SMILES string of the molecule is O=C(COC(=O)Cc1ccc(O)cc1)Nc1ccc(OC(F)(F)F)cc1. The summed E-state index contributed by atoms with van der Waals surface area (Å²) in [6.07, 6.45) is -4.87. The molecule has 0 aromatic heterocycles. The quantitative estimate of drug-likeness (QED) is 0.765. The predicted octanol–water partition coefficient (Wildman–Crippen LogP) is 3.02. The molecule has 0 heterocycles. The van der Waals surface area contributed by atoms with Crippen LogP contribution in [-0.2, 0) is 20.7 Å². The summed E-state index contributed by atoms with van der Waals surface area (Å²) in [4.78, 5) is 23.3. The van der Waals surface area contributed by atoms with Crippen molar-refractivity contribution in [1.82, 2.24) is 0 Å². The second-order valence-corrected chi connectivity index (χ2v) is 5.12. The zero-order chi connectivity index (χ0) is 19.2. The highest BCUT2D eigenvalue weighted by molar-refractivity contribution is 5.92. The normalized spacial score (nSPS) is 10.9. The lowest BCUT2D eigenvalue weighted by molar-refractivity contribution is -0.274. The molecule has 0 unspecified atom stereocenters. The smallest absolute Gasteiger partial charge is 0.508 e. The number of carbonyl (C=O) groups is 2. The van der Waals surface area contributed by atoms with Crippen molar-refractivity contribution in [1.29, 1.82) is 0 Å². The Morgan fingerprint density at radius 2 is 1.62 bits per heavy atom. The summed E-state index contributed by atoms with van der Waals surface area (Å²) in [5, 5.41) is 11.5. The molecule has 26 heavy (non-hydrogen) atoms. The first-order valence-corrected chi connectivity index (χ1v) is 7.30. The molecule has 0 spiro atoms. The highest BCUT2D eigenvalue weighted by Gasteiger charge is 2.30. The van der Waals surface area contributed by atoms with Crippen LogP contribution >= 0.6 is 0 Å². The lowest BCUT2D eigenvalue weighted by atomic mass is 10.1. The third-order valence-corrected chi connectivity index (χ3v) is 3.02. The van der Waals surface area contributed by atoms with Crippen molar-refractivity contribution in [3.63, 3.8) is 0 Å². The van der Waals surface area contributed by atoms with Gasteiger partial charge < -0.3 is 19.9 Å². The minimum absolute atomic E-state index is 0.0631. The fourth-order valence-corrected chi connectivity index (χ4v) is 1.91. The van der Waals surface area contributed by atoms with E-state index in [4.69, 9.17) is 9.84 Å². The fraction of sp³-hybridized carbons (Fsp3) is 0.176. The number of nitrogens with one attached hydrogen (secondary N) is 1. The molecule has 0 aliphatic rings. The summed E-state index contributed by atoms with van der Waals surface area (Å²) in [6, 6.07) is 10.4. The second-order valence-electron chi connectivity index (χ2n) is 5.12. The molecule has 2 rings (SSSR count). The maximum Gasteiger partial charge on any atom is 0.573 e. The van der Waals surface area contributed by atoms with Crippen molar-refractivity contribution in [2.45, 2.75) is 12.8 Å². The molecule has 0 atom stereocenters. The number of benzene rings is 2. The van der Waals surface area contributed by atoms with E-state index in [1.54, 1.807) is 12.1 Å². The maximum atomic E-state index is 12.1. The van der Waals surface area contributed by atoms with Gasteiger partial charge in [0.2, 0.25) is 0 Å². The van der Waals surface area contributed by atoms with Gasteiger partial charge in [-0.05, 0) is 42.0 Å². The van der Waals surface area contributed by atoms with Crippen LogP contribution in [0.15, 0.2) is 48.5 Å². The summed E-state index contributed by atoms with van der Waals surface area (Å²) < 4.78 is 44.7. The monoisotopic (exact) mass is 369 g/mol. The van der Waals surface area contributed by atoms with Gasteiger partial charge in [-0.1, -0.05) is 12.1 Å². The van der Waals surface area contributed by atoms with E-state index in [-0.39, 0.29) is 17.9 Å². The van der Waals surface area contributed by atoms with Crippen molar-refractivity contribution in [3.8, 4) is 11.5 Å². The van der Waals surface area contributed by atoms with Crippen LogP contribution < -0.4 is 10.1 Å². The molecule has 0 radical (unpaired) electrons. The number of halogens is 3. The van der Waals surface area contributed by atoms with Crippen molar-refractivity contribution in [2.24, 2.45) is 0 Å². The van der Waals surface area contributed by atoms with Crippen LogP contribution in [0, 0.1) is 0 Å². The highest BCUT2D eigenvalue weighted by atomic mass is 19.4. The summed E-state index contributed by atoms with van der Waals surface area (Å²) in [7, 11) is 0. The van der Waals surface area contributed by atoms with Crippen molar-refractivity contribution in [2.75, 3.05) is 11.9 Å². The predicted molar refractivity (Wildman–Crippen MR) is 84.5 cm³/mol. The van der Waals surface area contributed by atoms with Gasteiger partial charge in [-0.3, -0.25) is 9.59 Å². The molecule has 2 aromatic carbocycles. The van der Waals surface area contributed by atoms with E-state index in [1.165, 1.54) is 24.3 Å². The number of hydrogen-bond acceptors (Lipinski definition) is 5. The third-order valence-electron chi connectivity index (χ3n) is 3.02. The number of carbonyl (C=O) groups excluding carboxylic acids is 2. The molecule has 1 amide bonds. The minimum Gasteiger partial charge on any atom is -0.508 e. The molecule has 2 aromatic rings. The average Bonchev–Trinajstić information content (AvgIpc) is 2.56. The van der Waals surface area contributed by atoms with Crippen LogP contribution in [0.3, 0.4) is 0 Å². The van der Waals surface area contributed by atoms with Gasteiger partial charge in [0.1, 0.15) is 11.5 Å². The zero-order valence-corrected chi connectivity index (χ0v) is 13.2. The van der Waals surface area contributed by atoms with Gasteiger partial charge in [-0.25, -0.2) is 0 Å². The standard InChI is InChI=1S/C17H14F3NO5/c18-17(19,20)26-14-7-3-12(4-8-14)21-15(23)10-25-16(24)9-11-1-5-13(22)6-2-11/h1-8,22H,9-10H2,(H,21,23). The van der Waals surface area contributed by atoms with E-state index in [2.05, 4.69) is 10.1 Å². The fourth-order valence-electron chi connectivity index (χ4n) is 1.91. The molecular formula is C17H14F3NO5. The Morgan fingerprint density at radius 1 is 1.00 bits per heavy atom. The van der Waals surface area contributed by atoms with Crippen LogP contribution in [0.1, 0.15) is 5.56 Å². The summed E-state index contributed by atoms with van der Waals surface area (Å²) in [6.45, 7) is -0.544. The van der Waals surface area contributed by atoms with Gasteiger partial charge in [-0.2, -0.15) is 0 Å². The molecule has 0 saturated carbocycles. The Balaban J connectivity index is 1.77. The minimum atomic E-state index is -4.80. The van der Waals surface area contributed by atoms with Gasteiger partial charge in [-0.15, -0.1) is 13.2 Å². The molecule has 0 aliphatic heterocycles. The van der Waals surface area contributed by atoms with E-state index >= 15 is 0 Å². The van der Waals surface area contributed by atoms with E-state index in [1.807, 2.05) is 0 Å². The lowest BCUT2D eigenvalue weighted by Crippen LogP contribution is -2.21. The number of hydrogen-bond donors (Lipinski definition) is 2. The summed E-state index contributed by atoms with van der Waals surface area (Å²) in [5.74, 6) is -1.64. The van der Waals surface area contributed by atoms with Crippen LogP contribution in [0.4, 0.5) is 18.9 Å². The van der Waals surface area contributed by atoms with Crippen LogP contribution in [0.5, 0.6) is 11.5 Å². The Morgan fingerprint density at radius 3 is 2.19 bits per heavy atom. The zero-order valence-electron chi connectivity index (χ0n) is 13.2. The Hall–Kier alpha value is -3.23. The van der Waals surface area contributed by atoms with Gasteiger partial charge in [0.15, 0.2) is 6.61 Å². The number of aromatic hydroxyl groups is 1. The molecule has 6 nitrogen and oxygen atoms in total. The van der Waals surface area contributed by atoms with E-state index in [0.29, 0.717) is 5.56 Å². The molecule has 0 fully saturated rings. The number of ether oxygens (including phenoxy) is 2. The van der Waals surface area contributed by atoms with E-state index < -0.39 is 30.6 Å². The Bertz CT molecular complexity index is 757. The number of anilines is 1. The summed E-state index contributed by atoms with van der Waals surface area (Å²) >= 11 is 0. The van der Waals surface area contributed by atoms with Crippen molar-refractivity contribution < 1.29 is 37.3 Å². The molecular weight excluding hydrogens is 355 g/mol. The average molecular weight is 369 g/mol. The Labute approximate surface area is 146 Å². The van der Waals surface area contributed by atoms with Crippen LogP contribution in [-0.4, -0.2) is 30.0 Å². The Kier molecular flexibility index (Phi) is 6.05. The topological polar surface area (TPSA) is 84.9 Å². The first-order valence-electron chi connectivity index (χ1n) is 7.30. The van der Waals surface area contributed by atoms with Crippen LogP contribution in [0.25, 0.3) is 0 Å². The van der Waals surface area contributed by atoms with Gasteiger partial charge in [0, 0.05) is 5.69 Å². The maximum absolute atomic E-state index is 12.1. The van der Waals surface area contributed by atoms with E-state index in [0.717, 1.165) is 12.1 Å². The highest BCUT2D eigenvalue weighted by Crippen LogP contribution is 2.23. The number of esters is 1. The largest absolute Gasteiger partial charge is 0.573 e. The first kappa shape index (κ1) is 19.1. The summed E-state index contributed by atoms with van der Waals surface area (Å²) in [5.41, 5.74) is 0.826. The van der Waals surface area contributed by atoms with Gasteiger partial charge in [0.25, 0.3) is 5.91 Å². The molecule has 138 valence electrons.